The summed E-state index contributed by atoms with van der Waals surface area (Å²) in [5.41, 5.74) is 0. The van der Waals surface area contributed by atoms with Crippen LogP contribution in [0.2, 0.25) is 0 Å². The summed E-state index contributed by atoms with van der Waals surface area (Å²) in [7, 11) is 1.54. The molecule has 0 saturated carbocycles. The number of hydrogen-bond donors (Lipinski definition) is 1. The van der Waals surface area contributed by atoms with Gasteiger partial charge in [-0.05, 0) is 22.9 Å². The number of rotatable bonds is 5. The monoisotopic (exact) mass is 345 g/mol. The number of thioether (sulfide) groups is 1. The minimum absolute atomic E-state index is 0.167. The van der Waals surface area contributed by atoms with E-state index < -0.39 is 12.0 Å². The fraction of sp³-hybridized carbons (Fsp3) is 0.333. The highest BCUT2D eigenvalue weighted by atomic mass is 32.2. The molecule has 1 amide bonds. The van der Waals surface area contributed by atoms with Gasteiger partial charge >= 0.3 is 5.97 Å². The van der Waals surface area contributed by atoms with Crippen LogP contribution in [0.3, 0.4) is 0 Å². The van der Waals surface area contributed by atoms with E-state index in [1.165, 1.54) is 16.7 Å². The van der Waals surface area contributed by atoms with Crippen LogP contribution in [-0.4, -0.2) is 53.4 Å². The van der Waals surface area contributed by atoms with Crippen molar-refractivity contribution in [3.63, 3.8) is 0 Å². The molecule has 0 bridgehead atoms. The Bertz CT molecular complexity index is 764. The van der Waals surface area contributed by atoms with E-state index in [1.54, 1.807) is 7.11 Å². The normalized spacial score (nSPS) is 20.5. The number of methoxy groups -OCH3 is 1. The van der Waals surface area contributed by atoms with Crippen LogP contribution in [-0.2, 0) is 14.3 Å². The van der Waals surface area contributed by atoms with Crippen molar-refractivity contribution in [3.05, 3.63) is 42.5 Å². The Hall–Kier alpha value is -2.05. The van der Waals surface area contributed by atoms with Crippen molar-refractivity contribution in [2.45, 2.75) is 23.5 Å². The number of amides is 1. The van der Waals surface area contributed by atoms with E-state index in [1.807, 2.05) is 42.5 Å². The summed E-state index contributed by atoms with van der Waals surface area (Å²) >= 11 is 1.43. The van der Waals surface area contributed by atoms with Gasteiger partial charge in [-0.25, -0.2) is 4.79 Å². The molecule has 1 saturated heterocycles. The molecule has 0 aromatic heterocycles. The van der Waals surface area contributed by atoms with Crippen molar-refractivity contribution in [3.8, 4) is 0 Å². The number of benzene rings is 2. The number of carbonyl (C=O) groups is 2. The molecule has 1 fully saturated rings. The molecular formula is C18H19NO4S. The summed E-state index contributed by atoms with van der Waals surface area (Å²) in [5, 5.41) is 11.6. The lowest BCUT2D eigenvalue weighted by atomic mass is 10.1. The number of carboxylic acid groups (broad SMARTS) is 1. The molecule has 2 unspecified atom stereocenters. The van der Waals surface area contributed by atoms with Gasteiger partial charge in [0.05, 0.1) is 11.9 Å². The van der Waals surface area contributed by atoms with Crippen LogP contribution in [0.25, 0.3) is 10.8 Å². The van der Waals surface area contributed by atoms with Crippen molar-refractivity contribution in [1.29, 1.82) is 0 Å². The maximum Gasteiger partial charge on any atom is 0.326 e. The van der Waals surface area contributed by atoms with Gasteiger partial charge in [-0.3, -0.25) is 4.79 Å². The number of hydrogen-bond acceptors (Lipinski definition) is 4. The van der Waals surface area contributed by atoms with Gasteiger partial charge in [-0.15, -0.1) is 11.8 Å². The van der Waals surface area contributed by atoms with E-state index in [0.29, 0.717) is 13.0 Å². The molecule has 0 aliphatic carbocycles. The summed E-state index contributed by atoms with van der Waals surface area (Å²) in [6, 6.07) is 13.3. The van der Waals surface area contributed by atoms with Gasteiger partial charge in [-0.1, -0.05) is 30.3 Å². The third-order valence-electron chi connectivity index (χ3n) is 4.28. The van der Waals surface area contributed by atoms with Crippen LogP contribution in [0.4, 0.5) is 0 Å². The second-order valence-electron chi connectivity index (χ2n) is 5.79. The largest absolute Gasteiger partial charge is 0.480 e. The molecule has 1 heterocycles. The summed E-state index contributed by atoms with van der Waals surface area (Å²) in [4.78, 5) is 26.2. The van der Waals surface area contributed by atoms with Gasteiger partial charge in [-0.2, -0.15) is 0 Å². The lowest BCUT2D eigenvalue weighted by molar-refractivity contribution is -0.147. The van der Waals surface area contributed by atoms with E-state index in [0.717, 1.165) is 15.7 Å². The van der Waals surface area contributed by atoms with Crippen molar-refractivity contribution in [2.75, 3.05) is 19.4 Å². The molecule has 1 aliphatic heterocycles. The first-order valence-electron chi connectivity index (χ1n) is 7.75. The predicted molar refractivity (Wildman–Crippen MR) is 93.2 cm³/mol. The molecule has 5 nitrogen and oxygen atoms in total. The summed E-state index contributed by atoms with van der Waals surface area (Å²) < 4.78 is 5.22. The zero-order chi connectivity index (χ0) is 17.1. The van der Waals surface area contributed by atoms with Crippen LogP contribution in [0, 0.1) is 0 Å². The van der Waals surface area contributed by atoms with Crippen LogP contribution >= 0.6 is 11.8 Å². The van der Waals surface area contributed by atoms with E-state index in [2.05, 4.69) is 0 Å². The van der Waals surface area contributed by atoms with Crippen molar-refractivity contribution < 1.29 is 19.4 Å². The zero-order valence-corrected chi connectivity index (χ0v) is 14.2. The third-order valence-corrected chi connectivity index (χ3v) is 5.26. The molecule has 2 atom stereocenters. The van der Waals surface area contributed by atoms with E-state index in [9.17, 15) is 14.7 Å². The first kappa shape index (κ1) is 16.8. The number of carbonyl (C=O) groups excluding carboxylic acids is 1. The van der Waals surface area contributed by atoms with Crippen molar-refractivity contribution in [1.82, 2.24) is 4.90 Å². The summed E-state index contributed by atoms with van der Waals surface area (Å²) in [6.45, 7) is 0.338. The highest BCUT2D eigenvalue weighted by Crippen LogP contribution is 2.26. The van der Waals surface area contributed by atoms with Crippen molar-refractivity contribution >= 4 is 34.4 Å². The maximum atomic E-state index is 12.4. The number of ether oxygens (including phenoxy) is 1. The Morgan fingerprint density at radius 2 is 2.00 bits per heavy atom. The number of nitrogens with zero attached hydrogens (tertiary/aromatic N) is 1. The van der Waals surface area contributed by atoms with Crippen LogP contribution in [0.1, 0.15) is 6.42 Å². The minimum atomic E-state index is -0.974. The van der Waals surface area contributed by atoms with Gasteiger partial charge in [0.25, 0.3) is 0 Å². The highest BCUT2D eigenvalue weighted by Gasteiger charge is 2.39. The fourth-order valence-electron chi connectivity index (χ4n) is 2.96. The van der Waals surface area contributed by atoms with E-state index in [-0.39, 0.29) is 17.8 Å². The predicted octanol–water partition coefficient (Wildman–Crippen LogP) is 2.63. The zero-order valence-electron chi connectivity index (χ0n) is 13.3. The smallest absolute Gasteiger partial charge is 0.326 e. The molecule has 0 radical (unpaired) electrons. The standard InChI is InChI=1S/C18H19NO4S/c1-23-14-9-16(18(21)22)19(10-14)17(20)11-24-15-7-6-12-4-2-3-5-13(12)8-15/h2-8,14,16H,9-11H2,1H3,(H,21,22). The van der Waals surface area contributed by atoms with E-state index in [4.69, 9.17) is 4.74 Å². The molecule has 1 aliphatic rings. The molecule has 0 spiro atoms. The molecule has 3 rings (SSSR count). The molecular weight excluding hydrogens is 326 g/mol. The fourth-order valence-corrected chi connectivity index (χ4v) is 3.79. The second kappa shape index (κ2) is 7.23. The molecule has 6 heteroatoms. The molecule has 1 N–H and O–H groups in total. The Kier molecular flexibility index (Phi) is 5.06. The number of carboxylic acids is 1. The van der Waals surface area contributed by atoms with Crippen molar-refractivity contribution in [2.24, 2.45) is 0 Å². The molecule has 2 aromatic carbocycles. The Balaban J connectivity index is 1.66. The lowest BCUT2D eigenvalue weighted by Gasteiger charge is -2.21. The molecule has 24 heavy (non-hydrogen) atoms. The number of likely N-dealkylation sites (tertiary alicyclic amines) is 1. The Morgan fingerprint density at radius 1 is 1.25 bits per heavy atom. The molecule has 2 aromatic rings. The Morgan fingerprint density at radius 3 is 2.71 bits per heavy atom. The van der Waals surface area contributed by atoms with Crippen LogP contribution in [0.15, 0.2) is 47.4 Å². The average Bonchev–Trinajstić information content (AvgIpc) is 3.04. The van der Waals surface area contributed by atoms with Gasteiger partial charge in [0.1, 0.15) is 6.04 Å². The first-order valence-corrected chi connectivity index (χ1v) is 8.73. The number of aliphatic carboxylic acids is 1. The van der Waals surface area contributed by atoms with Gasteiger partial charge in [0, 0.05) is 25.0 Å². The SMILES string of the molecule is COC1CC(C(=O)O)N(C(=O)CSc2ccc3ccccc3c2)C1. The first-order chi connectivity index (χ1) is 11.6. The minimum Gasteiger partial charge on any atom is -0.480 e. The van der Waals surface area contributed by atoms with Crippen LogP contribution in [0.5, 0.6) is 0 Å². The quantitative estimate of drug-likeness (QED) is 0.844. The van der Waals surface area contributed by atoms with Crippen LogP contribution < -0.4 is 0 Å². The molecule has 126 valence electrons. The van der Waals surface area contributed by atoms with Gasteiger partial charge in [0.15, 0.2) is 0 Å². The maximum absolute atomic E-state index is 12.4. The third kappa shape index (κ3) is 3.55. The average molecular weight is 345 g/mol. The summed E-state index contributed by atoms with van der Waals surface area (Å²) in [6.07, 6.45) is 0.138. The topological polar surface area (TPSA) is 66.8 Å². The van der Waals surface area contributed by atoms with E-state index >= 15 is 0 Å². The second-order valence-corrected chi connectivity index (χ2v) is 6.84. The van der Waals surface area contributed by atoms with Gasteiger partial charge in [0.2, 0.25) is 5.91 Å². The lowest BCUT2D eigenvalue weighted by Crippen LogP contribution is -2.41. The number of fused-ring (bicyclic) bond motifs is 1. The summed E-state index contributed by atoms with van der Waals surface area (Å²) in [5.74, 6) is -0.919. The highest BCUT2D eigenvalue weighted by molar-refractivity contribution is 8.00. The Labute approximate surface area is 144 Å². The van der Waals surface area contributed by atoms with Gasteiger partial charge < -0.3 is 14.7 Å².